The molecule has 1 atom stereocenters. The Hall–Kier alpha value is -2.04. The second-order valence-electron chi connectivity index (χ2n) is 7.03. The van der Waals surface area contributed by atoms with E-state index in [1.165, 1.54) is 0 Å². The number of likely N-dealkylation sites (tertiary alicyclic amines) is 1. The van der Waals surface area contributed by atoms with Gasteiger partial charge in [0.2, 0.25) is 5.91 Å². The molecule has 0 aliphatic carbocycles. The van der Waals surface area contributed by atoms with Crippen LogP contribution in [0.1, 0.15) is 46.1 Å². The summed E-state index contributed by atoms with van der Waals surface area (Å²) in [5.41, 5.74) is 1.62. The predicted octanol–water partition coefficient (Wildman–Crippen LogP) is 3.16. The van der Waals surface area contributed by atoms with Crippen LogP contribution in [0.25, 0.3) is 0 Å². The fourth-order valence-electron chi connectivity index (χ4n) is 2.87. The van der Waals surface area contributed by atoms with E-state index in [4.69, 9.17) is 0 Å². The molecular formula is C18H27N3O2. The van der Waals surface area contributed by atoms with Crippen molar-refractivity contribution >= 4 is 17.6 Å². The lowest BCUT2D eigenvalue weighted by molar-refractivity contribution is -0.126. The van der Waals surface area contributed by atoms with Gasteiger partial charge in [0, 0.05) is 17.8 Å². The average Bonchev–Trinajstić information content (AvgIpc) is 2.95. The molecular weight excluding hydrogens is 290 g/mol. The van der Waals surface area contributed by atoms with Crippen molar-refractivity contribution in [2.45, 2.75) is 58.5 Å². The highest BCUT2D eigenvalue weighted by atomic mass is 16.2. The monoisotopic (exact) mass is 317 g/mol. The van der Waals surface area contributed by atoms with Crippen LogP contribution in [0.2, 0.25) is 0 Å². The number of aryl methyl sites for hydroxylation is 1. The quantitative estimate of drug-likeness (QED) is 0.899. The van der Waals surface area contributed by atoms with Gasteiger partial charge in [-0.2, -0.15) is 0 Å². The lowest BCUT2D eigenvalue weighted by atomic mass is 10.1. The summed E-state index contributed by atoms with van der Waals surface area (Å²) in [6, 6.07) is 7.19. The highest BCUT2D eigenvalue weighted by molar-refractivity contribution is 5.94. The summed E-state index contributed by atoms with van der Waals surface area (Å²) in [7, 11) is 0. The van der Waals surface area contributed by atoms with Crippen LogP contribution in [-0.4, -0.2) is 35.0 Å². The Kier molecular flexibility index (Phi) is 5.29. The maximum Gasteiger partial charge on any atom is 0.322 e. The minimum atomic E-state index is -0.386. The maximum atomic E-state index is 12.6. The van der Waals surface area contributed by atoms with Crippen LogP contribution >= 0.6 is 0 Å². The molecule has 1 saturated heterocycles. The molecule has 1 aliphatic rings. The highest BCUT2D eigenvalue weighted by Crippen LogP contribution is 2.21. The predicted molar refractivity (Wildman–Crippen MR) is 92.5 cm³/mol. The molecule has 1 fully saturated rings. The van der Waals surface area contributed by atoms with Crippen molar-refractivity contribution in [1.29, 1.82) is 0 Å². The van der Waals surface area contributed by atoms with Crippen LogP contribution in [0.5, 0.6) is 0 Å². The average molecular weight is 317 g/mol. The van der Waals surface area contributed by atoms with Crippen molar-refractivity contribution in [2.24, 2.45) is 0 Å². The third kappa shape index (κ3) is 4.47. The first-order valence-corrected chi connectivity index (χ1v) is 8.29. The Morgan fingerprint density at radius 3 is 2.61 bits per heavy atom. The number of rotatable bonds is 3. The number of para-hydroxylation sites is 1. The van der Waals surface area contributed by atoms with Crippen molar-refractivity contribution in [2.75, 3.05) is 11.9 Å². The van der Waals surface area contributed by atoms with Gasteiger partial charge in [-0.25, -0.2) is 4.79 Å². The molecule has 5 heteroatoms. The first-order valence-electron chi connectivity index (χ1n) is 8.29. The van der Waals surface area contributed by atoms with Gasteiger partial charge < -0.3 is 15.5 Å². The Morgan fingerprint density at radius 2 is 1.96 bits per heavy atom. The number of hydrogen-bond donors (Lipinski definition) is 2. The summed E-state index contributed by atoms with van der Waals surface area (Å²) in [5, 5.41) is 5.93. The van der Waals surface area contributed by atoms with Crippen molar-refractivity contribution in [3.8, 4) is 0 Å². The summed E-state index contributed by atoms with van der Waals surface area (Å²) >= 11 is 0. The van der Waals surface area contributed by atoms with E-state index < -0.39 is 0 Å². The minimum absolute atomic E-state index is 0.0751. The lowest BCUT2D eigenvalue weighted by Crippen LogP contribution is -2.52. The molecule has 23 heavy (non-hydrogen) atoms. The summed E-state index contributed by atoms with van der Waals surface area (Å²) in [4.78, 5) is 26.7. The fourth-order valence-corrected chi connectivity index (χ4v) is 2.87. The largest absolute Gasteiger partial charge is 0.350 e. The number of urea groups is 1. The number of nitrogens with one attached hydrogen (secondary N) is 2. The molecule has 3 amide bonds. The Balaban J connectivity index is 2.07. The van der Waals surface area contributed by atoms with Crippen molar-refractivity contribution < 1.29 is 9.59 Å². The van der Waals surface area contributed by atoms with E-state index in [1.807, 2.05) is 45.0 Å². The molecule has 0 saturated carbocycles. The second kappa shape index (κ2) is 7.02. The van der Waals surface area contributed by atoms with E-state index >= 15 is 0 Å². The van der Waals surface area contributed by atoms with Gasteiger partial charge >= 0.3 is 6.03 Å². The van der Waals surface area contributed by atoms with Gasteiger partial charge in [-0.15, -0.1) is 0 Å². The molecule has 126 valence electrons. The van der Waals surface area contributed by atoms with E-state index in [1.54, 1.807) is 4.90 Å². The summed E-state index contributed by atoms with van der Waals surface area (Å²) < 4.78 is 0. The van der Waals surface area contributed by atoms with E-state index in [0.717, 1.165) is 24.1 Å². The lowest BCUT2D eigenvalue weighted by Gasteiger charge is -2.28. The van der Waals surface area contributed by atoms with Gasteiger partial charge in [0.1, 0.15) is 6.04 Å². The Bertz CT molecular complexity index is 578. The van der Waals surface area contributed by atoms with E-state index in [2.05, 4.69) is 17.6 Å². The van der Waals surface area contributed by atoms with Gasteiger partial charge in [-0.05, 0) is 51.7 Å². The van der Waals surface area contributed by atoms with Gasteiger partial charge in [-0.3, -0.25) is 4.79 Å². The molecule has 0 radical (unpaired) electrons. The molecule has 1 heterocycles. The van der Waals surface area contributed by atoms with Crippen LogP contribution < -0.4 is 10.6 Å². The number of hydrogen-bond acceptors (Lipinski definition) is 2. The summed E-state index contributed by atoms with van der Waals surface area (Å²) in [5.74, 6) is -0.0751. The van der Waals surface area contributed by atoms with Crippen LogP contribution in [0.15, 0.2) is 24.3 Å². The topological polar surface area (TPSA) is 61.4 Å². The zero-order valence-electron chi connectivity index (χ0n) is 14.5. The molecule has 2 N–H and O–H groups in total. The summed E-state index contributed by atoms with van der Waals surface area (Å²) in [6.07, 6.45) is 2.42. The number of anilines is 1. The molecule has 0 spiro atoms. The smallest absolute Gasteiger partial charge is 0.322 e. The normalized spacial score (nSPS) is 17.9. The van der Waals surface area contributed by atoms with E-state index in [9.17, 15) is 9.59 Å². The minimum Gasteiger partial charge on any atom is -0.350 e. The molecule has 5 nitrogen and oxygen atoms in total. The van der Waals surface area contributed by atoms with E-state index in [0.29, 0.717) is 13.0 Å². The molecule has 2 rings (SSSR count). The SMILES string of the molecule is CCc1ccccc1NC(=O)N1CCC[C@H]1C(=O)NC(C)(C)C. The number of amides is 3. The number of carbonyl (C=O) groups is 2. The third-order valence-electron chi connectivity index (χ3n) is 3.95. The standard InChI is InChI=1S/C18H27N3O2/c1-5-13-9-6-7-10-14(13)19-17(23)21-12-8-11-15(21)16(22)20-18(2,3)4/h6-7,9-10,15H,5,8,11-12H2,1-4H3,(H,19,23)(H,20,22)/t15-/m0/s1. The van der Waals surface area contributed by atoms with E-state index in [-0.39, 0.29) is 23.5 Å². The number of benzene rings is 1. The van der Waals surface area contributed by atoms with Crippen molar-refractivity contribution in [3.63, 3.8) is 0 Å². The van der Waals surface area contributed by atoms with Crippen LogP contribution in [-0.2, 0) is 11.2 Å². The van der Waals surface area contributed by atoms with Gasteiger partial charge in [0.25, 0.3) is 0 Å². The third-order valence-corrected chi connectivity index (χ3v) is 3.95. The van der Waals surface area contributed by atoms with Crippen LogP contribution in [0, 0.1) is 0 Å². The molecule has 1 aromatic carbocycles. The maximum absolute atomic E-state index is 12.6. The molecule has 1 aromatic rings. The highest BCUT2D eigenvalue weighted by Gasteiger charge is 2.35. The first-order chi connectivity index (χ1) is 10.8. The van der Waals surface area contributed by atoms with Gasteiger partial charge in [-0.1, -0.05) is 25.1 Å². The Labute approximate surface area is 138 Å². The fraction of sp³-hybridized carbons (Fsp3) is 0.556. The first kappa shape index (κ1) is 17.3. The number of nitrogens with zero attached hydrogens (tertiary/aromatic N) is 1. The Morgan fingerprint density at radius 1 is 1.26 bits per heavy atom. The van der Waals surface area contributed by atoms with Gasteiger partial charge in [0.05, 0.1) is 0 Å². The molecule has 1 aliphatic heterocycles. The van der Waals surface area contributed by atoms with Crippen LogP contribution in [0.4, 0.5) is 10.5 Å². The number of carbonyl (C=O) groups excluding carboxylic acids is 2. The summed E-state index contributed by atoms with van der Waals surface area (Å²) in [6.45, 7) is 8.51. The van der Waals surface area contributed by atoms with Crippen molar-refractivity contribution in [1.82, 2.24) is 10.2 Å². The van der Waals surface area contributed by atoms with Crippen molar-refractivity contribution in [3.05, 3.63) is 29.8 Å². The molecule has 0 bridgehead atoms. The second-order valence-corrected chi connectivity index (χ2v) is 7.03. The van der Waals surface area contributed by atoms with Gasteiger partial charge in [0.15, 0.2) is 0 Å². The molecule has 0 aromatic heterocycles. The zero-order valence-corrected chi connectivity index (χ0v) is 14.5. The zero-order chi connectivity index (χ0) is 17.0. The molecule has 0 unspecified atom stereocenters. The van der Waals surface area contributed by atoms with Crippen LogP contribution in [0.3, 0.4) is 0 Å².